The minimum Gasteiger partial charge on any atom is -0.494 e. The van der Waals surface area contributed by atoms with Crippen LogP contribution in [-0.4, -0.2) is 19.6 Å². The number of fused-ring (bicyclic) bond motifs is 1. The van der Waals surface area contributed by atoms with Crippen LogP contribution in [0.4, 0.5) is 10.1 Å². The molecule has 0 aliphatic heterocycles. The predicted octanol–water partition coefficient (Wildman–Crippen LogP) is 4.01. The molecule has 122 valence electrons. The van der Waals surface area contributed by atoms with Crippen LogP contribution < -0.4 is 14.8 Å². The predicted molar refractivity (Wildman–Crippen MR) is 91.0 cm³/mol. The van der Waals surface area contributed by atoms with Crippen molar-refractivity contribution >= 4 is 22.4 Å². The Morgan fingerprint density at radius 2 is 1.83 bits per heavy atom. The number of ether oxygens (including phenoxy) is 2. The molecule has 3 aromatic rings. The number of halogens is 1. The van der Waals surface area contributed by atoms with E-state index >= 15 is 0 Å². The largest absolute Gasteiger partial charge is 0.494 e. The number of methoxy groups -OCH3 is 1. The zero-order chi connectivity index (χ0) is 16.9. The Labute approximate surface area is 138 Å². The lowest BCUT2D eigenvalue weighted by Gasteiger charge is -2.11. The van der Waals surface area contributed by atoms with E-state index in [1.807, 2.05) is 42.5 Å². The normalized spacial score (nSPS) is 10.4. The van der Waals surface area contributed by atoms with Gasteiger partial charge in [-0.1, -0.05) is 30.3 Å². The fourth-order valence-electron chi connectivity index (χ4n) is 2.36. The molecule has 24 heavy (non-hydrogen) atoms. The Morgan fingerprint density at radius 1 is 1.04 bits per heavy atom. The lowest BCUT2D eigenvalue weighted by atomic mass is 10.1. The summed E-state index contributed by atoms with van der Waals surface area (Å²) >= 11 is 0. The van der Waals surface area contributed by atoms with E-state index in [4.69, 9.17) is 9.47 Å². The zero-order valence-electron chi connectivity index (χ0n) is 13.1. The number of nitrogens with one attached hydrogen (secondary N) is 1. The van der Waals surface area contributed by atoms with Gasteiger partial charge in [-0.2, -0.15) is 0 Å². The van der Waals surface area contributed by atoms with Crippen molar-refractivity contribution < 1.29 is 18.7 Å². The lowest BCUT2D eigenvalue weighted by Crippen LogP contribution is -2.20. The second-order valence-corrected chi connectivity index (χ2v) is 5.19. The zero-order valence-corrected chi connectivity index (χ0v) is 13.1. The standard InChI is InChI=1S/C19H16FNO3/c1-23-18-11-15(20)7-9-17(18)21-19(22)12-24-16-8-6-13-4-2-3-5-14(13)10-16/h2-11H,12H2,1H3,(H,21,22). The summed E-state index contributed by atoms with van der Waals surface area (Å²) in [7, 11) is 1.41. The van der Waals surface area contributed by atoms with E-state index in [-0.39, 0.29) is 18.3 Å². The van der Waals surface area contributed by atoms with Gasteiger partial charge in [0.05, 0.1) is 12.8 Å². The molecule has 0 fully saturated rings. The van der Waals surface area contributed by atoms with Crippen molar-refractivity contribution in [2.75, 3.05) is 19.0 Å². The molecule has 0 aliphatic carbocycles. The van der Waals surface area contributed by atoms with Crippen LogP contribution in [0.5, 0.6) is 11.5 Å². The number of amides is 1. The molecule has 0 bridgehead atoms. The van der Waals surface area contributed by atoms with Crippen molar-refractivity contribution in [2.45, 2.75) is 0 Å². The van der Waals surface area contributed by atoms with E-state index in [9.17, 15) is 9.18 Å². The fraction of sp³-hybridized carbons (Fsp3) is 0.105. The third kappa shape index (κ3) is 3.63. The van der Waals surface area contributed by atoms with Crippen molar-refractivity contribution in [3.8, 4) is 11.5 Å². The molecule has 0 atom stereocenters. The maximum atomic E-state index is 13.2. The molecule has 1 N–H and O–H groups in total. The van der Waals surface area contributed by atoms with Crippen LogP contribution in [-0.2, 0) is 4.79 Å². The third-order valence-electron chi connectivity index (χ3n) is 3.53. The van der Waals surface area contributed by atoms with Crippen LogP contribution in [0.15, 0.2) is 60.7 Å². The lowest BCUT2D eigenvalue weighted by molar-refractivity contribution is -0.118. The number of carbonyl (C=O) groups is 1. The number of benzene rings is 3. The Morgan fingerprint density at radius 3 is 2.62 bits per heavy atom. The molecule has 0 spiro atoms. The first-order valence-electron chi connectivity index (χ1n) is 7.41. The second kappa shape index (κ2) is 7.00. The molecule has 3 rings (SSSR count). The Balaban J connectivity index is 1.64. The molecule has 0 saturated carbocycles. The summed E-state index contributed by atoms with van der Waals surface area (Å²) in [6, 6.07) is 17.4. The average molecular weight is 325 g/mol. The van der Waals surface area contributed by atoms with Gasteiger partial charge in [0.25, 0.3) is 5.91 Å². The van der Waals surface area contributed by atoms with Crippen molar-refractivity contribution in [2.24, 2.45) is 0 Å². The summed E-state index contributed by atoms with van der Waals surface area (Å²) in [6.45, 7) is -0.154. The molecule has 0 heterocycles. The van der Waals surface area contributed by atoms with Crippen LogP contribution in [0.2, 0.25) is 0 Å². The molecule has 1 amide bonds. The van der Waals surface area contributed by atoms with Gasteiger partial charge in [-0.15, -0.1) is 0 Å². The Bertz CT molecular complexity index is 879. The van der Waals surface area contributed by atoms with E-state index in [2.05, 4.69) is 5.32 Å². The SMILES string of the molecule is COc1cc(F)ccc1NC(=O)COc1ccc2ccccc2c1. The van der Waals surface area contributed by atoms with Crippen LogP contribution >= 0.6 is 0 Å². The van der Waals surface area contributed by atoms with Crippen molar-refractivity contribution in [3.05, 3.63) is 66.5 Å². The Hall–Kier alpha value is -3.08. The highest BCUT2D eigenvalue weighted by Crippen LogP contribution is 2.25. The van der Waals surface area contributed by atoms with E-state index < -0.39 is 5.82 Å². The minimum absolute atomic E-state index is 0.154. The number of rotatable bonds is 5. The highest BCUT2D eigenvalue weighted by Gasteiger charge is 2.09. The van der Waals surface area contributed by atoms with Gasteiger partial charge in [0, 0.05) is 6.07 Å². The summed E-state index contributed by atoms with van der Waals surface area (Å²) < 4.78 is 23.7. The van der Waals surface area contributed by atoms with Gasteiger partial charge < -0.3 is 14.8 Å². The molecule has 3 aromatic carbocycles. The number of hydrogen-bond donors (Lipinski definition) is 1. The van der Waals surface area contributed by atoms with Crippen LogP contribution in [0, 0.1) is 5.82 Å². The van der Waals surface area contributed by atoms with Gasteiger partial charge in [-0.25, -0.2) is 4.39 Å². The number of hydrogen-bond acceptors (Lipinski definition) is 3. The molecule has 0 aliphatic rings. The first kappa shape index (κ1) is 15.8. The quantitative estimate of drug-likeness (QED) is 0.771. The Kier molecular flexibility index (Phi) is 4.61. The van der Waals surface area contributed by atoms with Gasteiger partial charge in [0.15, 0.2) is 6.61 Å². The first-order valence-corrected chi connectivity index (χ1v) is 7.41. The first-order chi connectivity index (χ1) is 11.7. The molecule has 0 radical (unpaired) electrons. The van der Waals surface area contributed by atoms with Gasteiger partial charge in [0.1, 0.15) is 17.3 Å². The maximum Gasteiger partial charge on any atom is 0.262 e. The van der Waals surface area contributed by atoms with Crippen LogP contribution in [0.3, 0.4) is 0 Å². The summed E-state index contributed by atoms with van der Waals surface area (Å²) in [6.07, 6.45) is 0. The molecule has 5 heteroatoms. The minimum atomic E-state index is -0.433. The molecular weight excluding hydrogens is 309 g/mol. The van der Waals surface area contributed by atoms with Crippen LogP contribution in [0.25, 0.3) is 10.8 Å². The van der Waals surface area contributed by atoms with E-state index in [1.54, 1.807) is 0 Å². The van der Waals surface area contributed by atoms with Gasteiger partial charge in [-0.3, -0.25) is 4.79 Å². The summed E-state index contributed by atoms with van der Waals surface area (Å²) in [4.78, 5) is 12.0. The third-order valence-corrected chi connectivity index (χ3v) is 3.53. The molecule has 0 aromatic heterocycles. The van der Waals surface area contributed by atoms with Crippen molar-refractivity contribution in [3.63, 3.8) is 0 Å². The van der Waals surface area contributed by atoms with Crippen molar-refractivity contribution in [1.29, 1.82) is 0 Å². The van der Waals surface area contributed by atoms with Crippen molar-refractivity contribution in [1.82, 2.24) is 0 Å². The summed E-state index contributed by atoms with van der Waals surface area (Å²) in [5, 5.41) is 4.78. The smallest absolute Gasteiger partial charge is 0.262 e. The maximum absolute atomic E-state index is 13.2. The van der Waals surface area contributed by atoms with E-state index in [0.29, 0.717) is 11.4 Å². The fourth-order valence-corrected chi connectivity index (χ4v) is 2.36. The van der Waals surface area contributed by atoms with Gasteiger partial charge in [0.2, 0.25) is 0 Å². The van der Waals surface area contributed by atoms with E-state index in [0.717, 1.165) is 10.8 Å². The molecule has 4 nitrogen and oxygen atoms in total. The molecule has 0 unspecified atom stereocenters. The summed E-state index contributed by atoms with van der Waals surface area (Å²) in [5.74, 6) is 0.0781. The average Bonchev–Trinajstić information content (AvgIpc) is 2.61. The second-order valence-electron chi connectivity index (χ2n) is 5.19. The highest BCUT2D eigenvalue weighted by molar-refractivity contribution is 5.93. The van der Waals surface area contributed by atoms with Crippen LogP contribution in [0.1, 0.15) is 0 Å². The number of carbonyl (C=O) groups excluding carboxylic acids is 1. The van der Waals surface area contributed by atoms with Gasteiger partial charge in [-0.05, 0) is 35.0 Å². The monoisotopic (exact) mass is 325 g/mol. The molecular formula is C19H16FNO3. The molecule has 0 saturated heterocycles. The highest BCUT2D eigenvalue weighted by atomic mass is 19.1. The van der Waals surface area contributed by atoms with E-state index in [1.165, 1.54) is 25.3 Å². The van der Waals surface area contributed by atoms with Gasteiger partial charge >= 0.3 is 0 Å². The number of anilines is 1. The summed E-state index contributed by atoms with van der Waals surface area (Å²) in [5.41, 5.74) is 0.394. The topological polar surface area (TPSA) is 47.6 Å².